The molecular formula is C10H10BrFO3. The Hall–Kier alpha value is -0.940. The second-order valence-corrected chi connectivity index (χ2v) is 4.10. The first-order chi connectivity index (χ1) is 6.89. The van der Waals surface area contributed by atoms with E-state index in [0.29, 0.717) is 4.47 Å². The van der Waals surface area contributed by atoms with Gasteiger partial charge in [0.25, 0.3) is 0 Å². The van der Waals surface area contributed by atoms with Crippen LogP contribution in [-0.2, 0) is 15.1 Å². The van der Waals surface area contributed by atoms with Gasteiger partial charge in [0.15, 0.2) is 5.60 Å². The van der Waals surface area contributed by atoms with E-state index in [1.54, 1.807) is 0 Å². The Labute approximate surface area is 95.0 Å². The Morgan fingerprint density at radius 2 is 2.20 bits per heavy atom. The molecule has 5 heteroatoms. The average molecular weight is 277 g/mol. The third-order valence-electron chi connectivity index (χ3n) is 2.04. The lowest BCUT2D eigenvalue weighted by atomic mass is 9.96. The van der Waals surface area contributed by atoms with Gasteiger partial charge in [-0.15, -0.1) is 0 Å². The first-order valence-electron chi connectivity index (χ1n) is 4.16. The number of methoxy groups -OCH3 is 1. The van der Waals surface area contributed by atoms with Crippen LogP contribution in [0.5, 0.6) is 0 Å². The zero-order valence-electron chi connectivity index (χ0n) is 8.25. The van der Waals surface area contributed by atoms with Crippen molar-refractivity contribution in [3.8, 4) is 0 Å². The lowest BCUT2D eigenvalue weighted by Gasteiger charge is -2.21. The van der Waals surface area contributed by atoms with Crippen LogP contribution in [0.3, 0.4) is 0 Å². The molecule has 0 radical (unpaired) electrons. The molecule has 0 saturated carbocycles. The van der Waals surface area contributed by atoms with Crippen LogP contribution in [0, 0.1) is 5.82 Å². The van der Waals surface area contributed by atoms with E-state index in [2.05, 4.69) is 20.7 Å². The number of benzene rings is 1. The molecule has 0 bridgehead atoms. The smallest absolute Gasteiger partial charge is 0.342 e. The predicted molar refractivity (Wildman–Crippen MR) is 55.7 cm³/mol. The third kappa shape index (κ3) is 2.35. The number of ether oxygens (including phenoxy) is 1. The first-order valence-corrected chi connectivity index (χ1v) is 4.95. The summed E-state index contributed by atoms with van der Waals surface area (Å²) in [5, 5.41) is 9.82. The fraction of sp³-hybridized carbons (Fsp3) is 0.300. The molecule has 0 aliphatic carbocycles. The quantitative estimate of drug-likeness (QED) is 0.841. The highest BCUT2D eigenvalue weighted by atomic mass is 79.9. The molecule has 0 amide bonds. The maximum absolute atomic E-state index is 13.4. The van der Waals surface area contributed by atoms with Crippen LogP contribution in [0.4, 0.5) is 4.39 Å². The van der Waals surface area contributed by atoms with Gasteiger partial charge in [-0.1, -0.05) is 15.9 Å². The molecule has 0 fully saturated rings. The number of hydrogen-bond acceptors (Lipinski definition) is 3. The van der Waals surface area contributed by atoms with E-state index in [4.69, 9.17) is 0 Å². The molecule has 1 unspecified atom stereocenters. The third-order valence-corrected chi connectivity index (χ3v) is 2.53. The molecule has 0 aliphatic rings. The van der Waals surface area contributed by atoms with Crippen LogP contribution in [0.15, 0.2) is 22.7 Å². The monoisotopic (exact) mass is 276 g/mol. The number of aliphatic hydroxyl groups is 1. The fourth-order valence-electron chi connectivity index (χ4n) is 1.18. The molecule has 1 atom stereocenters. The number of carbonyl (C=O) groups excluding carboxylic acids is 1. The van der Waals surface area contributed by atoms with Gasteiger partial charge in [0, 0.05) is 10.0 Å². The summed E-state index contributed by atoms with van der Waals surface area (Å²) in [6.07, 6.45) is 0. The summed E-state index contributed by atoms with van der Waals surface area (Å²) in [4.78, 5) is 11.2. The second-order valence-electron chi connectivity index (χ2n) is 3.19. The minimum atomic E-state index is -1.98. The molecule has 15 heavy (non-hydrogen) atoms. The lowest BCUT2D eigenvalue weighted by Crippen LogP contribution is -2.34. The molecule has 1 aromatic carbocycles. The van der Waals surface area contributed by atoms with Crippen LogP contribution >= 0.6 is 15.9 Å². The summed E-state index contributed by atoms with van der Waals surface area (Å²) < 4.78 is 18.3. The van der Waals surface area contributed by atoms with E-state index < -0.39 is 17.4 Å². The Bertz CT molecular complexity index is 390. The standard InChI is InChI=1S/C10H10BrFO3/c1-10(14,9(13)15-2)7-5-6(11)3-4-8(7)12/h3-5,14H,1-2H3. The predicted octanol–water partition coefficient (Wildman–Crippen LogP) is 1.97. The minimum absolute atomic E-state index is 0.122. The SMILES string of the molecule is COC(=O)C(C)(O)c1cc(Br)ccc1F. The topological polar surface area (TPSA) is 46.5 Å². The molecule has 0 saturated heterocycles. The fourth-order valence-corrected chi connectivity index (χ4v) is 1.54. The minimum Gasteiger partial charge on any atom is -0.467 e. The molecule has 1 rings (SSSR count). The van der Waals surface area contributed by atoms with Crippen molar-refractivity contribution in [2.24, 2.45) is 0 Å². The van der Waals surface area contributed by atoms with E-state index in [-0.39, 0.29) is 5.56 Å². The van der Waals surface area contributed by atoms with Gasteiger partial charge in [0.2, 0.25) is 0 Å². The van der Waals surface area contributed by atoms with Crippen LogP contribution in [0.2, 0.25) is 0 Å². The van der Waals surface area contributed by atoms with E-state index in [0.717, 1.165) is 13.2 Å². The molecule has 0 spiro atoms. The van der Waals surface area contributed by atoms with E-state index in [1.807, 2.05) is 0 Å². The summed E-state index contributed by atoms with van der Waals surface area (Å²) in [5.41, 5.74) is -2.11. The highest BCUT2D eigenvalue weighted by Gasteiger charge is 2.36. The summed E-state index contributed by atoms with van der Waals surface area (Å²) in [5.74, 6) is -1.56. The molecule has 0 heterocycles. The largest absolute Gasteiger partial charge is 0.467 e. The average Bonchev–Trinajstić information content (AvgIpc) is 2.20. The normalized spacial score (nSPS) is 14.5. The molecule has 0 aromatic heterocycles. The van der Waals surface area contributed by atoms with Crippen molar-refractivity contribution in [2.75, 3.05) is 7.11 Å². The summed E-state index contributed by atoms with van der Waals surface area (Å²) in [6, 6.07) is 3.98. The number of rotatable bonds is 2. The van der Waals surface area contributed by atoms with Crippen molar-refractivity contribution in [1.29, 1.82) is 0 Å². The second kappa shape index (κ2) is 4.28. The van der Waals surface area contributed by atoms with E-state index in [9.17, 15) is 14.3 Å². The molecule has 0 aliphatic heterocycles. The van der Waals surface area contributed by atoms with Gasteiger partial charge >= 0.3 is 5.97 Å². The van der Waals surface area contributed by atoms with Gasteiger partial charge in [-0.2, -0.15) is 0 Å². The van der Waals surface area contributed by atoms with Gasteiger partial charge in [0.1, 0.15) is 5.82 Å². The molecule has 1 N–H and O–H groups in total. The van der Waals surface area contributed by atoms with Crippen LogP contribution in [0.25, 0.3) is 0 Å². The lowest BCUT2D eigenvalue weighted by molar-refractivity contribution is -0.161. The van der Waals surface area contributed by atoms with Crippen molar-refractivity contribution < 1.29 is 19.0 Å². The van der Waals surface area contributed by atoms with Crippen molar-refractivity contribution >= 4 is 21.9 Å². The molecule has 82 valence electrons. The number of esters is 1. The maximum Gasteiger partial charge on any atom is 0.342 e. The van der Waals surface area contributed by atoms with Gasteiger partial charge in [-0.25, -0.2) is 9.18 Å². The summed E-state index contributed by atoms with van der Waals surface area (Å²) in [6.45, 7) is 1.18. The number of carbonyl (C=O) groups is 1. The Morgan fingerprint density at radius 3 is 2.73 bits per heavy atom. The Morgan fingerprint density at radius 1 is 1.60 bits per heavy atom. The number of hydrogen-bond donors (Lipinski definition) is 1. The van der Waals surface area contributed by atoms with Crippen LogP contribution in [0.1, 0.15) is 12.5 Å². The van der Waals surface area contributed by atoms with Crippen LogP contribution < -0.4 is 0 Å². The molecular weight excluding hydrogens is 267 g/mol. The zero-order chi connectivity index (χ0) is 11.6. The highest BCUT2D eigenvalue weighted by Crippen LogP contribution is 2.27. The zero-order valence-corrected chi connectivity index (χ0v) is 9.84. The van der Waals surface area contributed by atoms with Gasteiger partial charge in [-0.05, 0) is 25.1 Å². The highest BCUT2D eigenvalue weighted by molar-refractivity contribution is 9.10. The summed E-state index contributed by atoms with van der Waals surface area (Å²) in [7, 11) is 1.13. The van der Waals surface area contributed by atoms with Crippen molar-refractivity contribution in [3.05, 3.63) is 34.1 Å². The van der Waals surface area contributed by atoms with Crippen molar-refractivity contribution in [3.63, 3.8) is 0 Å². The van der Waals surface area contributed by atoms with Gasteiger partial charge in [-0.3, -0.25) is 0 Å². The van der Waals surface area contributed by atoms with E-state index >= 15 is 0 Å². The van der Waals surface area contributed by atoms with Crippen molar-refractivity contribution in [2.45, 2.75) is 12.5 Å². The van der Waals surface area contributed by atoms with Crippen LogP contribution in [-0.4, -0.2) is 18.2 Å². The number of halogens is 2. The Balaban J connectivity index is 3.25. The van der Waals surface area contributed by atoms with Crippen molar-refractivity contribution in [1.82, 2.24) is 0 Å². The van der Waals surface area contributed by atoms with Gasteiger partial charge < -0.3 is 9.84 Å². The Kier molecular flexibility index (Phi) is 3.46. The maximum atomic E-state index is 13.4. The first kappa shape index (κ1) is 12.1. The van der Waals surface area contributed by atoms with Gasteiger partial charge in [0.05, 0.1) is 7.11 Å². The molecule has 3 nitrogen and oxygen atoms in total. The molecule has 1 aromatic rings. The summed E-state index contributed by atoms with van der Waals surface area (Å²) >= 11 is 3.13. The van der Waals surface area contributed by atoms with E-state index in [1.165, 1.54) is 19.1 Å².